The summed E-state index contributed by atoms with van der Waals surface area (Å²) in [5.41, 5.74) is 1.40. The van der Waals surface area contributed by atoms with Crippen molar-refractivity contribution in [2.24, 2.45) is 22.7 Å². The Balaban J connectivity index is 1.56. The van der Waals surface area contributed by atoms with Crippen molar-refractivity contribution in [1.82, 2.24) is 0 Å². The Morgan fingerprint density at radius 2 is 2.16 bits per heavy atom. The minimum atomic E-state index is -0.412. The molecule has 0 aromatic heterocycles. The van der Waals surface area contributed by atoms with Gasteiger partial charge < -0.3 is 9.84 Å². The van der Waals surface area contributed by atoms with Crippen molar-refractivity contribution in [2.75, 3.05) is 6.61 Å². The van der Waals surface area contributed by atoms with Crippen LogP contribution in [0.4, 0.5) is 0 Å². The van der Waals surface area contributed by atoms with Gasteiger partial charge in [-0.15, -0.1) is 0 Å². The number of hydrogen-bond donors (Lipinski definition) is 1. The maximum atomic E-state index is 12.3. The number of carbonyl (C=O) groups is 2. The van der Waals surface area contributed by atoms with E-state index in [4.69, 9.17) is 4.74 Å². The van der Waals surface area contributed by atoms with Gasteiger partial charge in [-0.25, -0.2) is 0 Å². The van der Waals surface area contributed by atoms with Gasteiger partial charge in [0.2, 0.25) is 0 Å². The van der Waals surface area contributed by atoms with E-state index in [9.17, 15) is 14.7 Å². The van der Waals surface area contributed by atoms with Crippen molar-refractivity contribution in [2.45, 2.75) is 51.2 Å². The zero-order valence-corrected chi connectivity index (χ0v) is 14.7. The summed E-state index contributed by atoms with van der Waals surface area (Å²) in [4.78, 5) is 24.1. The normalized spacial score (nSPS) is 49.4. The van der Waals surface area contributed by atoms with Crippen molar-refractivity contribution in [3.63, 3.8) is 0 Å². The minimum Gasteiger partial charge on any atom is -0.388 e. The zero-order chi connectivity index (χ0) is 17.6. The first-order valence-corrected chi connectivity index (χ1v) is 9.33. The SMILES string of the molecule is C[C@]12C=CC(=O)C=C1CC[C@H]1[C@@H]3CC=C(C(=O)CO)[C@@]3(C)C[C@@H]3O[C@@]312. The first kappa shape index (κ1) is 15.7. The summed E-state index contributed by atoms with van der Waals surface area (Å²) in [5.74, 6) is 0.708. The van der Waals surface area contributed by atoms with Crippen LogP contribution in [-0.2, 0) is 14.3 Å². The number of ether oxygens (including phenoxy) is 1. The Labute approximate surface area is 147 Å². The smallest absolute Gasteiger partial charge is 0.184 e. The van der Waals surface area contributed by atoms with E-state index in [1.807, 2.05) is 6.08 Å². The summed E-state index contributed by atoms with van der Waals surface area (Å²) in [6.45, 7) is 3.99. The van der Waals surface area contributed by atoms with Crippen LogP contribution < -0.4 is 0 Å². The average Bonchev–Trinajstić information content (AvgIpc) is 3.20. The molecule has 1 saturated heterocycles. The number of rotatable bonds is 2. The highest BCUT2D eigenvalue weighted by molar-refractivity contribution is 6.01. The molecule has 0 unspecified atom stereocenters. The molecule has 0 amide bonds. The van der Waals surface area contributed by atoms with Gasteiger partial charge in [-0.1, -0.05) is 24.6 Å². The third-order valence-corrected chi connectivity index (χ3v) is 7.96. The van der Waals surface area contributed by atoms with E-state index >= 15 is 0 Å². The van der Waals surface area contributed by atoms with Crippen molar-refractivity contribution in [1.29, 1.82) is 0 Å². The quantitative estimate of drug-likeness (QED) is 0.785. The molecule has 4 heteroatoms. The fourth-order valence-electron chi connectivity index (χ4n) is 6.74. The van der Waals surface area contributed by atoms with Gasteiger partial charge in [0.15, 0.2) is 11.6 Å². The Morgan fingerprint density at radius 3 is 2.92 bits per heavy atom. The summed E-state index contributed by atoms with van der Waals surface area (Å²) in [7, 11) is 0. The molecule has 5 rings (SSSR count). The van der Waals surface area contributed by atoms with Crippen molar-refractivity contribution < 1.29 is 19.4 Å². The van der Waals surface area contributed by atoms with Crippen LogP contribution >= 0.6 is 0 Å². The summed E-state index contributed by atoms with van der Waals surface area (Å²) >= 11 is 0. The molecule has 0 aromatic carbocycles. The van der Waals surface area contributed by atoms with Gasteiger partial charge in [0.1, 0.15) is 12.2 Å². The minimum absolute atomic E-state index is 0.0820. The van der Waals surface area contributed by atoms with E-state index in [0.717, 1.165) is 31.3 Å². The highest BCUT2D eigenvalue weighted by Gasteiger charge is 2.78. The summed E-state index contributed by atoms with van der Waals surface area (Å²) in [6.07, 6.45) is 11.4. The second-order valence-electron chi connectivity index (χ2n) is 8.82. The number of aliphatic hydroxyl groups is 1. The lowest BCUT2D eigenvalue weighted by atomic mass is 9.47. The molecular formula is C21H24O4. The third-order valence-electron chi connectivity index (χ3n) is 7.96. The average molecular weight is 340 g/mol. The lowest BCUT2D eigenvalue weighted by Crippen LogP contribution is -2.56. The fourth-order valence-corrected chi connectivity index (χ4v) is 6.74. The summed E-state index contributed by atoms with van der Waals surface area (Å²) in [5, 5.41) is 9.36. The number of carbonyl (C=O) groups excluding carboxylic acids is 2. The van der Waals surface area contributed by atoms with E-state index in [1.165, 1.54) is 5.57 Å². The molecule has 132 valence electrons. The van der Waals surface area contributed by atoms with Crippen molar-refractivity contribution in [3.05, 3.63) is 35.5 Å². The van der Waals surface area contributed by atoms with E-state index in [2.05, 4.69) is 26.0 Å². The van der Waals surface area contributed by atoms with Crippen molar-refractivity contribution in [3.8, 4) is 0 Å². The maximum absolute atomic E-state index is 12.3. The van der Waals surface area contributed by atoms with Gasteiger partial charge in [-0.3, -0.25) is 9.59 Å². The van der Waals surface area contributed by atoms with E-state index in [-0.39, 0.29) is 34.1 Å². The van der Waals surface area contributed by atoms with Crippen LogP contribution in [0.3, 0.4) is 0 Å². The Kier molecular flexibility index (Phi) is 2.89. The molecule has 1 aliphatic heterocycles. The number of ketones is 2. The Hall–Kier alpha value is -1.52. The Bertz CT molecular complexity index is 790. The number of aliphatic hydroxyl groups excluding tert-OH is 1. The lowest BCUT2D eigenvalue weighted by Gasteiger charge is -2.54. The zero-order valence-electron chi connectivity index (χ0n) is 14.7. The van der Waals surface area contributed by atoms with Crippen LogP contribution in [0.2, 0.25) is 0 Å². The molecule has 4 aliphatic carbocycles. The molecular weight excluding hydrogens is 316 g/mol. The van der Waals surface area contributed by atoms with Gasteiger partial charge in [-0.2, -0.15) is 0 Å². The third kappa shape index (κ3) is 1.65. The maximum Gasteiger partial charge on any atom is 0.184 e. The molecule has 3 fully saturated rings. The highest BCUT2D eigenvalue weighted by atomic mass is 16.6. The molecule has 1 spiro atoms. The predicted molar refractivity (Wildman–Crippen MR) is 91.7 cm³/mol. The first-order chi connectivity index (χ1) is 11.9. The number of fused-ring (bicyclic) bond motifs is 3. The van der Waals surface area contributed by atoms with Crippen LogP contribution in [0.5, 0.6) is 0 Å². The molecule has 2 saturated carbocycles. The molecule has 6 atom stereocenters. The van der Waals surface area contributed by atoms with Gasteiger partial charge in [-0.05, 0) is 62.2 Å². The Morgan fingerprint density at radius 1 is 1.36 bits per heavy atom. The van der Waals surface area contributed by atoms with E-state index < -0.39 is 6.61 Å². The second kappa shape index (κ2) is 4.60. The van der Waals surface area contributed by atoms with Crippen molar-refractivity contribution >= 4 is 11.6 Å². The molecule has 4 nitrogen and oxygen atoms in total. The van der Waals surface area contributed by atoms with Crippen LogP contribution in [0, 0.1) is 22.7 Å². The number of Topliss-reactive ketones (excluding diaryl/α,β-unsaturated/α-hetero) is 1. The number of epoxide rings is 1. The lowest BCUT2D eigenvalue weighted by molar-refractivity contribution is -0.120. The highest BCUT2D eigenvalue weighted by Crippen LogP contribution is 2.74. The largest absolute Gasteiger partial charge is 0.388 e. The molecule has 5 aliphatic rings. The predicted octanol–water partition coefficient (Wildman–Crippen LogP) is 2.52. The van der Waals surface area contributed by atoms with Gasteiger partial charge in [0.05, 0.1) is 6.10 Å². The second-order valence-corrected chi connectivity index (χ2v) is 8.82. The first-order valence-electron chi connectivity index (χ1n) is 9.33. The van der Waals surface area contributed by atoms with Crippen LogP contribution in [-0.4, -0.2) is 35.0 Å². The van der Waals surface area contributed by atoms with Crippen LogP contribution in [0.15, 0.2) is 35.5 Å². The molecule has 25 heavy (non-hydrogen) atoms. The van der Waals surface area contributed by atoms with Gasteiger partial charge >= 0.3 is 0 Å². The van der Waals surface area contributed by atoms with Crippen LogP contribution in [0.1, 0.15) is 39.5 Å². The summed E-state index contributed by atoms with van der Waals surface area (Å²) < 4.78 is 6.44. The van der Waals surface area contributed by atoms with E-state index in [0.29, 0.717) is 11.8 Å². The van der Waals surface area contributed by atoms with Gasteiger partial charge in [0.25, 0.3) is 0 Å². The topological polar surface area (TPSA) is 66.9 Å². The molecule has 1 heterocycles. The summed E-state index contributed by atoms with van der Waals surface area (Å²) in [6, 6.07) is 0. The molecule has 0 aromatic rings. The molecule has 0 radical (unpaired) electrons. The monoisotopic (exact) mass is 340 g/mol. The standard InChI is InChI=1S/C21H24O4/c1-19-10-18-21(25-18)15(14(19)5-6-16(19)17(24)11-22)4-3-12-9-13(23)7-8-20(12,21)2/h6-9,14-15,18,22H,3-5,10-11H2,1-2H3/t14-,15-,18-,19-,20-,21+/m0/s1. The number of hydrogen-bond acceptors (Lipinski definition) is 4. The number of allylic oxidation sites excluding steroid dienone is 3. The molecule has 1 N–H and O–H groups in total. The fraction of sp³-hybridized carbons (Fsp3) is 0.619. The molecule has 0 bridgehead atoms. The van der Waals surface area contributed by atoms with E-state index in [1.54, 1.807) is 6.08 Å². The van der Waals surface area contributed by atoms with Gasteiger partial charge in [0, 0.05) is 10.8 Å². The van der Waals surface area contributed by atoms with Crippen LogP contribution in [0.25, 0.3) is 0 Å².